The Kier molecular flexibility index (Phi) is 5.89. The predicted octanol–water partition coefficient (Wildman–Crippen LogP) is 2.29. The van der Waals surface area contributed by atoms with Gasteiger partial charge >= 0.3 is 5.97 Å². The van der Waals surface area contributed by atoms with Crippen LogP contribution in [0.3, 0.4) is 0 Å². The van der Waals surface area contributed by atoms with Crippen LogP contribution in [-0.2, 0) is 9.53 Å². The number of benzene rings is 1. The maximum Gasteiger partial charge on any atom is 0.355 e. The van der Waals surface area contributed by atoms with Crippen molar-refractivity contribution >= 4 is 17.7 Å². The molecule has 6 heteroatoms. The molecule has 1 aromatic heterocycles. The number of amides is 1. The van der Waals surface area contributed by atoms with Gasteiger partial charge in [-0.15, -0.1) is 0 Å². The van der Waals surface area contributed by atoms with Crippen LogP contribution < -0.4 is 5.32 Å². The van der Waals surface area contributed by atoms with Crippen molar-refractivity contribution in [3.63, 3.8) is 0 Å². The summed E-state index contributed by atoms with van der Waals surface area (Å²) in [6.07, 6.45) is 1.43. The van der Waals surface area contributed by atoms with Crippen LogP contribution in [0.4, 0.5) is 0 Å². The Hall–Kier alpha value is -2.89. The molecule has 6 nitrogen and oxygen atoms in total. The van der Waals surface area contributed by atoms with E-state index >= 15 is 0 Å². The van der Waals surface area contributed by atoms with Gasteiger partial charge in [-0.1, -0.05) is 37.3 Å². The fourth-order valence-corrected chi connectivity index (χ4v) is 2.14. The molecule has 0 radical (unpaired) electrons. The first-order valence-electron chi connectivity index (χ1n) is 7.65. The van der Waals surface area contributed by atoms with Gasteiger partial charge in [-0.3, -0.25) is 9.59 Å². The van der Waals surface area contributed by atoms with E-state index in [1.54, 1.807) is 0 Å². The smallest absolute Gasteiger partial charge is 0.355 e. The highest BCUT2D eigenvalue weighted by atomic mass is 16.5. The topological polar surface area (TPSA) is 88.3 Å². The Balaban J connectivity index is 1.76. The van der Waals surface area contributed by atoms with Crippen molar-refractivity contribution in [2.75, 3.05) is 13.2 Å². The van der Waals surface area contributed by atoms with E-state index in [-0.39, 0.29) is 29.9 Å². The van der Waals surface area contributed by atoms with Crippen LogP contribution in [0.1, 0.15) is 46.2 Å². The molecule has 2 rings (SSSR count). The molecule has 126 valence electrons. The molecule has 0 saturated heterocycles. The normalized spacial score (nSPS) is 11.6. The summed E-state index contributed by atoms with van der Waals surface area (Å²) in [5.41, 5.74) is 1.66. The third kappa shape index (κ3) is 4.81. The first kappa shape index (κ1) is 17.5. The molecule has 1 atom stereocenters. The lowest BCUT2D eigenvalue weighted by molar-refractivity contribution is -0.124. The zero-order chi connectivity index (χ0) is 17.5. The molecule has 2 aromatic rings. The standard InChI is InChI=1S/C18H20N2O4/c1-12(14-6-4-3-5-7-14)9-20-17(22)11-24-18(23)16-8-15(10-19-16)13(2)21/h3-8,10,12,19H,9,11H2,1-2H3,(H,20,22)/t12-/m0/s1. The molecule has 0 aliphatic rings. The van der Waals surface area contributed by atoms with Gasteiger partial charge in [0.05, 0.1) is 0 Å². The molecular weight excluding hydrogens is 308 g/mol. The number of carbonyl (C=O) groups excluding carboxylic acids is 3. The van der Waals surface area contributed by atoms with E-state index in [1.165, 1.54) is 19.2 Å². The van der Waals surface area contributed by atoms with Gasteiger partial charge in [0, 0.05) is 18.3 Å². The van der Waals surface area contributed by atoms with Crippen LogP contribution >= 0.6 is 0 Å². The van der Waals surface area contributed by atoms with Crippen LogP contribution in [0.15, 0.2) is 42.6 Å². The van der Waals surface area contributed by atoms with E-state index < -0.39 is 5.97 Å². The van der Waals surface area contributed by atoms with Gasteiger partial charge < -0.3 is 15.0 Å². The Morgan fingerprint density at radius 3 is 2.54 bits per heavy atom. The van der Waals surface area contributed by atoms with Gasteiger partial charge in [0.2, 0.25) is 0 Å². The van der Waals surface area contributed by atoms with Crippen LogP contribution in [0.5, 0.6) is 0 Å². The average molecular weight is 328 g/mol. The van der Waals surface area contributed by atoms with Gasteiger partial charge in [0.25, 0.3) is 5.91 Å². The summed E-state index contributed by atoms with van der Waals surface area (Å²) in [4.78, 5) is 37.4. The highest BCUT2D eigenvalue weighted by Crippen LogP contribution is 2.12. The molecule has 0 spiro atoms. The Morgan fingerprint density at radius 1 is 1.21 bits per heavy atom. The summed E-state index contributed by atoms with van der Waals surface area (Å²) in [7, 11) is 0. The molecule has 0 bridgehead atoms. The summed E-state index contributed by atoms with van der Waals surface area (Å²) in [5, 5.41) is 2.73. The average Bonchev–Trinajstić information content (AvgIpc) is 3.08. The van der Waals surface area contributed by atoms with Crippen molar-refractivity contribution in [1.29, 1.82) is 0 Å². The number of hydrogen-bond donors (Lipinski definition) is 2. The van der Waals surface area contributed by atoms with Crippen LogP contribution in [0.25, 0.3) is 0 Å². The quantitative estimate of drug-likeness (QED) is 0.603. The second kappa shape index (κ2) is 8.10. The summed E-state index contributed by atoms with van der Waals surface area (Å²) < 4.78 is 4.93. The lowest BCUT2D eigenvalue weighted by atomic mass is 10.0. The Morgan fingerprint density at radius 2 is 1.92 bits per heavy atom. The number of nitrogens with one attached hydrogen (secondary N) is 2. The van der Waals surface area contributed by atoms with E-state index in [4.69, 9.17) is 4.74 Å². The summed E-state index contributed by atoms with van der Waals surface area (Å²) in [5.74, 6) is -1.04. The molecule has 0 saturated carbocycles. The second-order valence-corrected chi connectivity index (χ2v) is 5.55. The maximum absolute atomic E-state index is 11.8. The van der Waals surface area contributed by atoms with Crippen molar-refractivity contribution < 1.29 is 19.1 Å². The zero-order valence-corrected chi connectivity index (χ0v) is 13.7. The number of esters is 1. The minimum atomic E-state index is -0.672. The molecule has 0 unspecified atom stereocenters. The minimum Gasteiger partial charge on any atom is -0.451 e. The van der Waals surface area contributed by atoms with Gasteiger partial charge in [-0.05, 0) is 24.5 Å². The fraction of sp³-hybridized carbons (Fsp3) is 0.278. The molecule has 1 aromatic carbocycles. The van der Waals surface area contributed by atoms with Crippen LogP contribution in [0.2, 0.25) is 0 Å². The molecule has 0 aliphatic heterocycles. The number of H-pyrrole nitrogens is 1. The summed E-state index contributed by atoms with van der Waals surface area (Å²) in [6, 6.07) is 11.2. The van der Waals surface area contributed by atoms with E-state index in [0.29, 0.717) is 12.1 Å². The molecule has 24 heavy (non-hydrogen) atoms. The van der Waals surface area contributed by atoms with Crippen molar-refractivity contribution in [3.8, 4) is 0 Å². The van der Waals surface area contributed by atoms with Crippen LogP contribution in [-0.4, -0.2) is 35.8 Å². The number of aromatic nitrogens is 1. The van der Waals surface area contributed by atoms with Crippen molar-refractivity contribution in [1.82, 2.24) is 10.3 Å². The van der Waals surface area contributed by atoms with Crippen molar-refractivity contribution in [2.24, 2.45) is 0 Å². The fourth-order valence-electron chi connectivity index (χ4n) is 2.14. The number of rotatable bonds is 7. The second-order valence-electron chi connectivity index (χ2n) is 5.55. The Labute approximate surface area is 140 Å². The van der Waals surface area contributed by atoms with E-state index in [1.807, 2.05) is 37.3 Å². The largest absolute Gasteiger partial charge is 0.451 e. The molecule has 2 N–H and O–H groups in total. The third-order valence-corrected chi connectivity index (χ3v) is 3.62. The Bertz CT molecular complexity index is 722. The highest BCUT2D eigenvalue weighted by Gasteiger charge is 2.14. The number of ether oxygens (including phenoxy) is 1. The van der Waals surface area contributed by atoms with Gasteiger partial charge in [-0.2, -0.15) is 0 Å². The molecule has 0 fully saturated rings. The van der Waals surface area contributed by atoms with E-state index in [9.17, 15) is 14.4 Å². The number of Topliss-reactive ketones (excluding diaryl/α,β-unsaturated/α-hetero) is 1. The van der Waals surface area contributed by atoms with Gasteiger partial charge in [0.15, 0.2) is 12.4 Å². The van der Waals surface area contributed by atoms with Gasteiger partial charge in [0.1, 0.15) is 5.69 Å². The predicted molar refractivity (Wildman–Crippen MR) is 88.9 cm³/mol. The molecule has 1 heterocycles. The van der Waals surface area contributed by atoms with E-state index in [2.05, 4.69) is 10.3 Å². The summed E-state index contributed by atoms with van der Waals surface area (Å²) in [6.45, 7) is 3.50. The lowest BCUT2D eigenvalue weighted by Gasteiger charge is -2.13. The maximum atomic E-state index is 11.8. The molecular formula is C18H20N2O4. The third-order valence-electron chi connectivity index (χ3n) is 3.62. The van der Waals surface area contributed by atoms with Crippen molar-refractivity contribution in [3.05, 3.63) is 59.4 Å². The zero-order valence-electron chi connectivity index (χ0n) is 13.7. The molecule has 0 aliphatic carbocycles. The molecule has 1 amide bonds. The number of aromatic amines is 1. The highest BCUT2D eigenvalue weighted by molar-refractivity contribution is 5.97. The number of ketones is 1. The lowest BCUT2D eigenvalue weighted by Crippen LogP contribution is -2.31. The van der Waals surface area contributed by atoms with E-state index in [0.717, 1.165) is 5.56 Å². The number of hydrogen-bond acceptors (Lipinski definition) is 4. The van der Waals surface area contributed by atoms with Gasteiger partial charge in [-0.25, -0.2) is 4.79 Å². The number of carbonyl (C=O) groups is 3. The first-order chi connectivity index (χ1) is 11.5. The minimum absolute atomic E-state index is 0.144. The SMILES string of the molecule is CC(=O)c1c[nH]c(C(=O)OCC(=O)NC[C@H](C)c2ccccc2)c1. The summed E-state index contributed by atoms with van der Waals surface area (Å²) >= 11 is 0. The van der Waals surface area contributed by atoms with Crippen LogP contribution in [0, 0.1) is 0 Å². The first-order valence-corrected chi connectivity index (χ1v) is 7.65. The van der Waals surface area contributed by atoms with Crippen molar-refractivity contribution in [2.45, 2.75) is 19.8 Å². The monoisotopic (exact) mass is 328 g/mol.